The third-order valence-corrected chi connectivity index (χ3v) is 2.43. The minimum atomic E-state index is -1.21. The van der Waals surface area contributed by atoms with Gasteiger partial charge in [-0.05, 0) is 32.0 Å². The molecule has 0 atom stereocenters. The largest absolute Gasteiger partial charge is 0.478 e. The fourth-order valence-electron chi connectivity index (χ4n) is 1.47. The van der Waals surface area contributed by atoms with Gasteiger partial charge < -0.3 is 15.8 Å². The first-order chi connectivity index (χ1) is 8.36. The zero-order chi connectivity index (χ0) is 13.9. The molecule has 0 bridgehead atoms. The second kappa shape index (κ2) is 5.50. The zero-order valence-corrected chi connectivity index (χ0v) is 10.2. The lowest BCUT2D eigenvalue weighted by atomic mass is 10.1. The van der Waals surface area contributed by atoms with Crippen molar-refractivity contribution in [3.63, 3.8) is 0 Å². The Morgan fingerprint density at radius 3 is 2.39 bits per heavy atom. The summed E-state index contributed by atoms with van der Waals surface area (Å²) in [6, 6.07) is 3.40. The van der Waals surface area contributed by atoms with Crippen molar-refractivity contribution in [3.8, 4) is 0 Å². The number of hydrogen-bond donors (Lipinski definition) is 3. The molecule has 0 aliphatic rings. The molecule has 0 aliphatic heterocycles. The molecule has 5 nitrogen and oxygen atoms in total. The van der Waals surface area contributed by atoms with E-state index in [2.05, 4.69) is 0 Å². The standard InChI is InChI=1S/C12H16FN3O2/c1-7(2)16(15)11(6-14)8-3-9(12(17)18)5-10(13)4-8/h3-7H,14-15H2,1-2H3,(H,17,18)/b11-6-. The highest BCUT2D eigenvalue weighted by atomic mass is 19.1. The Bertz CT molecular complexity index is 486. The molecule has 0 heterocycles. The van der Waals surface area contributed by atoms with Gasteiger partial charge in [0.2, 0.25) is 0 Å². The lowest BCUT2D eigenvalue weighted by Gasteiger charge is -2.26. The van der Waals surface area contributed by atoms with Gasteiger partial charge in [-0.3, -0.25) is 0 Å². The molecule has 0 aromatic heterocycles. The van der Waals surface area contributed by atoms with Crippen molar-refractivity contribution in [2.24, 2.45) is 11.6 Å². The summed E-state index contributed by atoms with van der Waals surface area (Å²) in [5.74, 6) is 3.94. The number of aromatic carboxylic acids is 1. The van der Waals surface area contributed by atoms with Crippen LogP contribution < -0.4 is 11.6 Å². The van der Waals surface area contributed by atoms with E-state index in [1.165, 1.54) is 23.3 Å². The average Bonchev–Trinajstić information content (AvgIpc) is 2.28. The van der Waals surface area contributed by atoms with Gasteiger partial charge in [0.15, 0.2) is 0 Å². The molecule has 0 radical (unpaired) electrons. The third kappa shape index (κ3) is 2.98. The normalized spacial score (nSPS) is 11.7. The van der Waals surface area contributed by atoms with E-state index in [1.54, 1.807) is 0 Å². The van der Waals surface area contributed by atoms with E-state index in [0.29, 0.717) is 11.3 Å². The van der Waals surface area contributed by atoms with Crippen LogP contribution in [-0.4, -0.2) is 22.1 Å². The molecule has 0 fully saturated rings. The van der Waals surface area contributed by atoms with Gasteiger partial charge in [0, 0.05) is 17.8 Å². The van der Waals surface area contributed by atoms with Crippen LogP contribution in [0.4, 0.5) is 4.39 Å². The molecule has 0 aliphatic carbocycles. The minimum absolute atomic E-state index is 0.0589. The van der Waals surface area contributed by atoms with Gasteiger partial charge in [-0.2, -0.15) is 0 Å². The van der Waals surface area contributed by atoms with Crippen LogP contribution in [-0.2, 0) is 0 Å². The summed E-state index contributed by atoms with van der Waals surface area (Å²) in [7, 11) is 0. The first kappa shape index (κ1) is 14.0. The predicted octanol–water partition coefficient (Wildman–Crippen LogP) is 1.37. The molecule has 0 amide bonds. The highest BCUT2D eigenvalue weighted by molar-refractivity contribution is 5.88. The molecule has 0 unspecified atom stereocenters. The maximum atomic E-state index is 13.4. The number of halogens is 1. The van der Waals surface area contributed by atoms with Crippen molar-refractivity contribution in [2.75, 3.05) is 0 Å². The molecular weight excluding hydrogens is 237 g/mol. The minimum Gasteiger partial charge on any atom is -0.478 e. The van der Waals surface area contributed by atoms with E-state index in [0.717, 1.165) is 6.07 Å². The second-order valence-electron chi connectivity index (χ2n) is 4.09. The highest BCUT2D eigenvalue weighted by Crippen LogP contribution is 2.20. The Balaban J connectivity index is 3.27. The Morgan fingerprint density at radius 2 is 1.94 bits per heavy atom. The molecule has 6 heteroatoms. The Hall–Kier alpha value is -2.08. The fourth-order valence-corrected chi connectivity index (χ4v) is 1.47. The molecule has 5 N–H and O–H groups in total. The number of carboxylic acids is 1. The van der Waals surface area contributed by atoms with E-state index in [9.17, 15) is 9.18 Å². The van der Waals surface area contributed by atoms with Gasteiger partial charge in [0.25, 0.3) is 0 Å². The topological polar surface area (TPSA) is 92.6 Å². The van der Waals surface area contributed by atoms with Crippen molar-refractivity contribution in [1.82, 2.24) is 5.01 Å². The molecule has 98 valence electrons. The van der Waals surface area contributed by atoms with Gasteiger partial charge >= 0.3 is 5.97 Å². The Morgan fingerprint density at radius 1 is 1.39 bits per heavy atom. The Labute approximate surface area is 104 Å². The molecule has 0 spiro atoms. The quantitative estimate of drug-likeness (QED) is 0.556. The highest BCUT2D eigenvalue weighted by Gasteiger charge is 2.14. The molecule has 0 saturated heterocycles. The summed E-state index contributed by atoms with van der Waals surface area (Å²) in [5, 5.41) is 10.2. The van der Waals surface area contributed by atoms with Crippen molar-refractivity contribution in [3.05, 3.63) is 41.3 Å². The lowest BCUT2D eigenvalue weighted by Crippen LogP contribution is -2.36. The number of carbonyl (C=O) groups is 1. The Kier molecular flexibility index (Phi) is 4.28. The van der Waals surface area contributed by atoms with E-state index in [4.69, 9.17) is 16.7 Å². The molecule has 18 heavy (non-hydrogen) atoms. The van der Waals surface area contributed by atoms with E-state index < -0.39 is 11.8 Å². The molecule has 1 aromatic rings. The van der Waals surface area contributed by atoms with Crippen LogP contribution in [0.25, 0.3) is 5.70 Å². The second-order valence-corrected chi connectivity index (χ2v) is 4.09. The smallest absolute Gasteiger partial charge is 0.335 e. The fraction of sp³-hybridized carbons (Fsp3) is 0.250. The first-order valence-corrected chi connectivity index (χ1v) is 5.37. The summed E-state index contributed by atoms with van der Waals surface area (Å²) in [6.07, 6.45) is 1.22. The van der Waals surface area contributed by atoms with Crippen LogP contribution in [0.2, 0.25) is 0 Å². The van der Waals surface area contributed by atoms with Crippen LogP contribution in [0.3, 0.4) is 0 Å². The van der Waals surface area contributed by atoms with Gasteiger partial charge in [-0.25, -0.2) is 15.0 Å². The number of nitrogens with zero attached hydrogens (tertiary/aromatic N) is 1. The maximum absolute atomic E-state index is 13.4. The summed E-state index contributed by atoms with van der Waals surface area (Å²) in [6.45, 7) is 3.67. The zero-order valence-electron chi connectivity index (χ0n) is 10.2. The van der Waals surface area contributed by atoms with Crippen LogP contribution >= 0.6 is 0 Å². The number of nitrogens with two attached hydrogens (primary N) is 2. The predicted molar refractivity (Wildman–Crippen MR) is 66.7 cm³/mol. The molecule has 0 saturated carbocycles. The molecule has 1 aromatic carbocycles. The number of carboxylic acid groups (broad SMARTS) is 1. The van der Waals surface area contributed by atoms with E-state index in [1.807, 2.05) is 13.8 Å². The van der Waals surface area contributed by atoms with Crippen LogP contribution in [0.1, 0.15) is 29.8 Å². The summed E-state index contributed by atoms with van der Waals surface area (Å²) in [4.78, 5) is 10.9. The van der Waals surface area contributed by atoms with Crippen molar-refractivity contribution < 1.29 is 14.3 Å². The van der Waals surface area contributed by atoms with Gasteiger partial charge in [0.05, 0.1) is 11.3 Å². The summed E-state index contributed by atoms with van der Waals surface area (Å²) >= 11 is 0. The maximum Gasteiger partial charge on any atom is 0.335 e. The van der Waals surface area contributed by atoms with Gasteiger partial charge in [-0.15, -0.1) is 0 Å². The van der Waals surface area contributed by atoms with E-state index in [-0.39, 0.29) is 11.6 Å². The average molecular weight is 253 g/mol. The number of rotatable bonds is 4. The number of hydrazine groups is 1. The number of benzene rings is 1. The monoisotopic (exact) mass is 253 g/mol. The van der Waals surface area contributed by atoms with Crippen molar-refractivity contribution in [2.45, 2.75) is 19.9 Å². The van der Waals surface area contributed by atoms with Gasteiger partial charge in [0.1, 0.15) is 5.82 Å². The van der Waals surface area contributed by atoms with Crippen LogP contribution in [0.5, 0.6) is 0 Å². The summed E-state index contributed by atoms with van der Waals surface area (Å²) in [5.41, 5.74) is 6.01. The van der Waals surface area contributed by atoms with Crippen molar-refractivity contribution in [1.29, 1.82) is 0 Å². The number of hydrogen-bond acceptors (Lipinski definition) is 4. The SMILES string of the molecule is CC(C)N(N)/C(=C\N)c1cc(F)cc(C(=O)O)c1. The third-order valence-electron chi connectivity index (χ3n) is 2.43. The molecule has 1 rings (SSSR count). The molecular formula is C12H16FN3O2. The van der Waals surface area contributed by atoms with Crippen LogP contribution in [0.15, 0.2) is 24.4 Å². The lowest BCUT2D eigenvalue weighted by molar-refractivity contribution is 0.0696. The van der Waals surface area contributed by atoms with E-state index >= 15 is 0 Å². The summed E-state index contributed by atoms with van der Waals surface area (Å²) < 4.78 is 13.4. The first-order valence-electron chi connectivity index (χ1n) is 5.37. The van der Waals surface area contributed by atoms with Gasteiger partial charge in [-0.1, -0.05) is 0 Å². The van der Waals surface area contributed by atoms with Crippen LogP contribution in [0, 0.1) is 5.82 Å². The van der Waals surface area contributed by atoms with Crippen molar-refractivity contribution >= 4 is 11.7 Å².